The molecule has 0 atom stereocenters. The lowest BCUT2D eigenvalue weighted by Gasteiger charge is -2.19. The van der Waals surface area contributed by atoms with Crippen LogP contribution in [0.5, 0.6) is 5.75 Å². The van der Waals surface area contributed by atoms with Gasteiger partial charge in [-0.1, -0.05) is 53.2 Å². The molecule has 0 aliphatic carbocycles. The van der Waals surface area contributed by atoms with E-state index in [4.69, 9.17) is 9.78 Å². The zero-order valence-corrected chi connectivity index (χ0v) is 12.3. The molecule has 0 saturated heterocycles. The highest BCUT2D eigenvalue weighted by Crippen LogP contribution is 2.34. The van der Waals surface area contributed by atoms with Gasteiger partial charge in [0.25, 0.3) is 0 Å². The molecule has 18 heavy (non-hydrogen) atoms. The highest BCUT2D eigenvalue weighted by atomic mass is 17.2. The van der Waals surface area contributed by atoms with Crippen LogP contribution in [0.2, 0.25) is 0 Å². The maximum absolute atomic E-state index is 5.49. The van der Waals surface area contributed by atoms with E-state index in [9.17, 15) is 0 Å². The summed E-state index contributed by atoms with van der Waals surface area (Å²) in [6.45, 7) is 11.6. The number of hydrogen-bond acceptors (Lipinski definition) is 2. The molecule has 0 saturated carbocycles. The Morgan fingerprint density at radius 1 is 1.06 bits per heavy atom. The molecule has 0 unspecified atom stereocenters. The number of rotatable bonds is 7. The molecule has 0 spiro atoms. The van der Waals surface area contributed by atoms with Crippen LogP contribution in [-0.2, 0) is 4.89 Å². The molecular weight excluding hydrogens is 224 g/mol. The molecule has 0 aliphatic rings. The molecule has 2 nitrogen and oxygen atoms in total. The van der Waals surface area contributed by atoms with Crippen molar-refractivity contribution in [1.29, 1.82) is 0 Å². The first-order chi connectivity index (χ1) is 8.57. The molecule has 102 valence electrons. The van der Waals surface area contributed by atoms with E-state index >= 15 is 0 Å². The predicted molar refractivity (Wildman–Crippen MR) is 76.1 cm³/mol. The van der Waals surface area contributed by atoms with Gasteiger partial charge in [-0.25, -0.2) is 0 Å². The Bertz CT molecular complexity index is 356. The fourth-order valence-electron chi connectivity index (χ4n) is 2.06. The van der Waals surface area contributed by atoms with Crippen molar-refractivity contribution in [3.05, 3.63) is 29.3 Å². The van der Waals surface area contributed by atoms with Gasteiger partial charge in [-0.3, -0.25) is 0 Å². The third kappa shape index (κ3) is 4.02. The van der Waals surface area contributed by atoms with Crippen LogP contribution in [0.25, 0.3) is 0 Å². The van der Waals surface area contributed by atoms with Crippen LogP contribution in [0.15, 0.2) is 18.2 Å². The molecule has 0 radical (unpaired) electrons. The minimum atomic E-state index is 0.438. The largest absolute Gasteiger partial charge is 0.337 e. The van der Waals surface area contributed by atoms with Crippen LogP contribution in [0.1, 0.15) is 70.4 Å². The Kier molecular flexibility index (Phi) is 6.20. The molecule has 2 heteroatoms. The number of unbranched alkanes of at least 4 members (excludes halogenated alkanes) is 1. The first kappa shape index (κ1) is 15.0. The molecule has 0 amide bonds. The maximum atomic E-state index is 5.49. The Labute approximate surface area is 111 Å². The van der Waals surface area contributed by atoms with Crippen LogP contribution < -0.4 is 4.89 Å². The Hall–Kier alpha value is -1.02. The second kappa shape index (κ2) is 7.42. The fraction of sp³-hybridized carbons (Fsp3) is 0.625. The number of benzene rings is 1. The van der Waals surface area contributed by atoms with Crippen molar-refractivity contribution < 1.29 is 9.78 Å². The van der Waals surface area contributed by atoms with Gasteiger partial charge >= 0.3 is 0 Å². The van der Waals surface area contributed by atoms with Crippen molar-refractivity contribution in [1.82, 2.24) is 0 Å². The number of hydrogen-bond donors (Lipinski definition) is 0. The predicted octanol–water partition coefficient (Wildman–Crippen LogP) is 5.04. The van der Waals surface area contributed by atoms with Crippen LogP contribution in [-0.4, -0.2) is 6.61 Å². The molecule has 0 bridgehead atoms. The second-order valence-corrected chi connectivity index (χ2v) is 5.33. The van der Waals surface area contributed by atoms with E-state index in [-0.39, 0.29) is 0 Å². The van der Waals surface area contributed by atoms with Gasteiger partial charge in [0.1, 0.15) is 0 Å². The minimum absolute atomic E-state index is 0.438. The molecule has 0 aliphatic heterocycles. The molecule has 1 aromatic rings. The van der Waals surface area contributed by atoms with Crippen LogP contribution in [0.3, 0.4) is 0 Å². The molecule has 1 rings (SSSR count). The van der Waals surface area contributed by atoms with Crippen LogP contribution in [0.4, 0.5) is 0 Å². The molecular formula is C16H26O2. The van der Waals surface area contributed by atoms with Gasteiger partial charge in [0, 0.05) is 5.56 Å². The van der Waals surface area contributed by atoms with E-state index in [2.05, 4.69) is 40.7 Å². The van der Waals surface area contributed by atoms with Gasteiger partial charge in [0.15, 0.2) is 5.75 Å². The van der Waals surface area contributed by atoms with Crippen molar-refractivity contribution in [3.63, 3.8) is 0 Å². The average molecular weight is 250 g/mol. The molecule has 0 aromatic heterocycles. The van der Waals surface area contributed by atoms with Crippen LogP contribution >= 0.6 is 0 Å². The Morgan fingerprint density at radius 3 is 2.33 bits per heavy atom. The third-order valence-electron chi connectivity index (χ3n) is 3.03. The summed E-state index contributed by atoms with van der Waals surface area (Å²) in [6.07, 6.45) is 2.15. The maximum Gasteiger partial charge on any atom is 0.169 e. The van der Waals surface area contributed by atoms with Gasteiger partial charge in [-0.05, 0) is 29.9 Å². The lowest BCUT2D eigenvalue weighted by atomic mass is 9.90. The molecule has 0 fully saturated rings. The molecule has 0 heterocycles. The van der Waals surface area contributed by atoms with Gasteiger partial charge in [-0.15, -0.1) is 0 Å². The summed E-state index contributed by atoms with van der Waals surface area (Å²) in [6, 6.07) is 6.21. The highest BCUT2D eigenvalue weighted by Gasteiger charge is 2.15. The topological polar surface area (TPSA) is 18.5 Å². The smallest absolute Gasteiger partial charge is 0.169 e. The van der Waals surface area contributed by atoms with Gasteiger partial charge < -0.3 is 4.89 Å². The SMILES string of the molecule is CCCCOOc1cccc(C(C)C)c1C(C)C. The minimum Gasteiger partial charge on any atom is -0.337 e. The summed E-state index contributed by atoms with van der Waals surface area (Å²) >= 11 is 0. The highest BCUT2D eigenvalue weighted by molar-refractivity contribution is 5.43. The Balaban J connectivity index is 2.86. The van der Waals surface area contributed by atoms with Gasteiger partial charge in [0.05, 0.1) is 6.61 Å². The first-order valence-electron chi connectivity index (χ1n) is 7.00. The van der Waals surface area contributed by atoms with Crippen molar-refractivity contribution in [2.45, 2.75) is 59.3 Å². The molecule has 0 N–H and O–H groups in total. The summed E-state index contributed by atoms with van der Waals surface area (Å²) in [4.78, 5) is 10.8. The van der Waals surface area contributed by atoms with E-state index < -0.39 is 0 Å². The van der Waals surface area contributed by atoms with E-state index in [0.717, 1.165) is 18.6 Å². The quantitative estimate of drug-likeness (QED) is 0.383. The average Bonchev–Trinajstić information content (AvgIpc) is 2.33. The second-order valence-electron chi connectivity index (χ2n) is 5.33. The van der Waals surface area contributed by atoms with Crippen molar-refractivity contribution in [3.8, 4) is 5.75 Å². The van der Waals surface area contributed by atoms with E-state index in [0.29, 0.717) is 18.4 Å². The standard InChI is InChI=1S/C16H26O2/c1-6-7-11-17-18-15-10-8-9-14(12(2)3)16(15)13(4)5/h8-10,12-13H,6-7,11H2,1-5H3. The lowest BCUT2D eigenvalue weighted by molar-refractivity contribution is -0.207. The summed E-state index contributed by atoms with van der Waals surface area (Å²) in [5.41, 5.74) is 2.62. The van der Waals surface area contributed by atoms with E-state index in [1.54, 1.807) is 0 Å². The zero-order chi connectivity index (χ0) is 13.5. The molecule has 1 aromatic carbocycles. The van der Waals surface area contributed by atoms with E-state index in [1.165, 1.54) is 11.1 Å². The zero-order valence-electron chi connectivity index (χ0n) is 12.3. The van der Waals surface area contributed by atoms with Gasteiger partial charge in [-0.2, -0.15) is 4.89 Å². The van der Waals surface area contributed by atoms with Crippen molar-refractivity contribution >= 4 is 0 Å². The van der Waals surface area contributed by atoms with Crippen molar-refractivity contribution in [2.24, 2.45) is 0 Å². The summed E-state index contributed by atoms with van der Waals surface area (Å²) in [7, 11) is 0. The van der Waals surface area contributed by atoms with Crippen molar-refractivity contribution in [2.75, 3.05) is 6.61 Å². The summed E-state index contributed by atoms with van der Waals surface area (Å²) in [5.74, 6) is 1.81. The first-order valence-corrected chi connectivity index (χ1v) is 7.00. The van der Waals surface area contributed by atoms with Crippen LogP contribution in [0, 0.1) is 0 Å². The normalized spacial score (nSPS) is 11.3. The Morgan fingerprint density at radius 2 is 1.78 bits per heavy atom. The van der Waals surface area contributed by atoms with E-state index in [1.807, 2.05) is 12.1 Å². The summed E-state index contributed by atoms with van der Waals surface area (Å²) < 4.78 is 0. The monoisotopic (exact) mass is 250 g/mol. The third-order valence-corrected chi connectivity index (χ3v) is 3.03. The summed E-state index contributed by atoms with van der Waals surface area (Å²) in [5, 5.41) is 0. The van der Waals surface area contributed by atoms with Gasteiger partial charge in [0.2, 0.25) is 0 Å². The lowest BCUT2D eigenvalue weighted by Crippen LogP contribution is -2.05. The fourth-order valence-corrected chi connectivity index (χ4v) is 2.06.